The Morgan fingerprint density at radius 3 is 3.05 bits per heavy atom. The molecule has 0 spiro atoms. The summed E-state index contributed by atoms with van der Waals surface area (Å²) in [6, 6.07) is 7.47. The molecule has 114 valence electrons. The van der Waals surface area contributed by atoms with Gasteiger partial charge in [-0.05, 0) is 12.1 Å². The number of rotatable bonds is 7. The van der Waals surface area contributed by atoms with Gasteiger partial charge in [-0.15, -0.1) is 16.8 Å². The van der Waals surface area contributed by atoms with Crippen LogP contribution in [-0.4, -0.2) is 29.0 Å². The fourth-order valence-electron chi connectivity index (χ4n) is 1.57. The van der Waals surface area contributed by atoms with Gasteiger partial charge in [0.15, 0.2) is 4.34 Å². The Kier molecular flexibility index (Phi) is 6.17. The van der Waals surface area contributed by atoms with Crippen LogP contribution in [0.5, 0.6) is 5.75 Å². The molecule has 2 aromatic rings. The molecule has 5 nitrogen and oxygen atoms in total. The summed E-state index contributed by atoms with van der Waals surface area (Å²) in [5.74, 6) is 1.21. The van der Waals surface area contributed by atoms with Gasteiger partial charge in [0.2, 0.25) is 11.0 Å². The molecule has 0 unspecified atom stereocenters. The minimum absolute atomic E-state index is 0.262. The van der Waals surface area contributed by atoms with Gasteiger partial charge in [0.1, 0.15) is 5.75 Å². The van der Waals surface area contributed by atoms with Crippen LogP contribution < -0.4 is 10.1 Å². The van der Waals surface area contributed by atoms with Gasteiger partial charge in [0.05, 0.1) is 7.11 Å². The van der Waals surface area contributed by atoms with E-state index in [4.69, 9.17) is 4.74 Å². The van der Waals surface area contributed by atoms with Crippen molar-refractivity contribution < 1.29 is 9.53 Å². The zero-order chi connectivity index (χ0) is 15.8. The number of aromatic nitrogens is 2. The van der Waals surface area contributed by atoms with Crippen LogP contribution in [0.2, 0.25) is 0 Å². The van der Waals surface area contributed by atoms with Gasteiger partial charge in [-0.3, -0.25) is 10.1 Å². The Hall–Kier alpha value is -2.12. The number of anilines is 1. The first-order chi connectivity index (χ1) is 10.7. The average Bonchev–Trinajstić information content (AvgIpc) is 2.98. The standard InChI is InChI=1S/C15H15N3O2S2/c1-3-10-21-15-18-17-14(22-15)16-13(19)9-8-11-6-4-5-7-12(11)20-2/h3-9H,1,10H2,2H3,(H,16,17,19). The highest BCUT2D eigenvalue weighted by Crippen LogP contribution is 2.25. The van der Waals surface area contributed by atoms with Gasteiger partial charge in [0, 0.05) is 17.4 Å². The fourth-order valence-corrected chi connectivity index (χ4v) is 3.08. The lowest BCUT2D eigenvalue weighted by Gasteiger charge is -2.03. The predicted octanol–water partition coefficient (Wildman–Crippen LogP) is 3.48. The van der Waals surface area contributed by atoms with Crippen molar-refractivity contribution in [2.75, 3.05) is 18.2 Å². The van der Waals surface area contributed by atoms with E-state index in [0.29, 0.717) is 10.9 Å². The van der Waals surface area contributed by atoms with E-state index >= 15 is 0 Å². The summed E-state index contributed by atoms with van der Waals surface area (Å²) in [6.07, 6.45) is 4.93. The molecule has 0 saturated heterocycles. The highest BCUT2D eigenvalue weighted by atomic mass is 32.2. The number of benzene rings is 1. The van der Waals surface area contributed by atoms with E-state index in [0.717, 1.165) is 15.7 Å². The molecule has 0 aliphatic carbocycles. The summed E-state index contributed by atoms with van der Waals surface area (Å²) in [7, 11) is 1.59. The maximum Gasteiger partial charge on any atom is 0.250 e. The van der Waals surface area contributed by atoms with E-state index < -0.39 is 0 Å². The van der Waals surface area contributed by atoms with Gasteiger partial charge in [-0.1, -0.05) is 47.4 Å². The summed E-state index contributed by atoms with van der Waals surface area (Å²) in [4.78, 5) is 11.9. The second kappa shape index (κ2) is 8.35. The first kappa shape index (κ1) is 16.3. The van der Waals surface area contributed by atoms with Crippen LogP contribution in [0.4, 0.5) is 5.13 Å². The molecule has 0 aliphatic rings. The molecule has 7 heteroatoms. The number of carbonyl (C=O) groups excluding carboxylic acids is 1. The van der Waals surface area contributed by atoms with Gasteiger partial charge in [-0.2, -0.15) is 0 Å². The molecule has 22 heavy (non-hydrogen) atoms. The minimum Gasteiger partial charge on any atom is -0.496 e. The zero-order valence-electron chi connectivity index (χ0n) is 12.0. The molecule has 1 heterocycles. The second-order valence-corrected chi connectivity index (χ2v) is 6.28. The maximum atomic E-state index is 11.9. The van der Waals surface area contributed by atoms with Crippen molar-refractivity contribution in [3.8, 4) is 5.75 Å². The molecular weight excluding hydrogens is 318 g/mol. The molecule has 1 aromatic carbocycles. The van der Waals surface area contributed by atoms with E-state index in [9.17, 15) is 4.79 Å². The van der Waals surface area contributed by atoms with Crippen LogP contribution in [-0.2, 0) is 4.79 Å². The smallest absolute Gasteiger partial charge is 0.250 e. The molecule has 0 saturated carbocycles. The fraction of sp³-hybridized carbons (Fsp3) is 0.133. The van der Waals surface area contributed by atoms with Crippen molar-refractivity contribution in [2.45, 2.75) is 4.34 Å². The average molecular weight is 333 g/mol. The zero-order valence-corrected chi connectivity index (χ0v) is 13.6. The molecule has 1 aromatic heterocycles. The first-order valence-corrected chi connectivity index (χ1v) is 8.22. The number of para-hydroxylation sites is 1. The van der Waals surface area contributed by atoms with Crippen molar-refractivity contribution in [2.24, 2.45) is 0 Å². The normalized spacial score (nSPS) is 10.6. The monoisotopic (exact) mass is 333 g/mol. The number of amides is 1. The Morgan fingerprint density at radius 2 is 2.27 bits per heavy atom. The Morgan fingerprint density at radius 1 is 1.45 bits per heavy atom. The lowest BCUT2D eigenvalue weighted by molar-refractivity contribution is -0.111. The molecule has 0 bridgehead atoms. The highest BCUT2D eigenvalue weighted by molar-refractivity contribution is 8.01. The van der Waals surface area contributed by atoms with Crippen molar-refractivity contribution in [3.05, 3.63) is 48.6 Å². The summed E-state index contributed by atoms with van der Waals surface area (Å²) in [6.45, 7) is 3.64. The van der Waals surface area contributed by atoms with Crippen molar-refractivity contribution in [1.82, 2.24) is 10.2 Å². The molecule has 0 fully saturated rings. The van der Waals surface area contributed by atoms with Gasteiger partial charge in [-0.25, -0.2) is 0 Å². The summed E-state index contributed by atoms with van der Waals surface area (Å²) < 4.78 is 6.02. The number of nitrogens with zero attached hydrogens (tertiary/aromatic N) is 2. The minimum atomic E-state index is -0.262. The quantitative estimate of drug-likeness (QED) is 0.364. The molecule has 0 atom stereocenters. The van der Waals surface area contributed by atoms with E-state index in [-0.39, 0.29) is 5.91 Å². The van der Waals surface area contributed by atoms with E-state index in [1.807, 2.05) is 24.3 Å². The van der Waals surface area contributed by atoms with Crippen LogP contribution in [0, 0.1) is 0 Å². The predicted molar refractivity (Wildman–Crippen MR) is 91.5 cm³/mol. The third kappa shape index (κ3) is 4.71. The Balaban J connectivity index is 1.96. The number of thioether (sulfide) groups is 1. The van der Waals surface area contributed by atoms with Gasteiger partial charge in [0.25, 0.3) is 0 Å². The van der Waals surface area contributed by atoms with Crippen LogP contribution in [0.15, 0.2) is 47.3 Å². The number of ether oxygens (including phenoxy) is 1. The van der Waals surface area contributed by atoms with E-state index in [1.54, 1.807) is 19.3 Å². The SMILES string of the molecule is C=CCSc1nnc(NC(=O)C=Cc2ccccc2OC)s1. The highest BCUT2D eigenvalue weighted by Gasteiger charge is 2.06. The van der Waals surface area contributed by atoms with E-state index in [2.05, 4.69) is 22.1 Å². The molecule has 2 rings (SSSR count). The topological polar surface area (TPSA) is 64.1 Å². The molecular formula is C15H15N3O2S2. The molecule has 1 amide bonds. The molecule has 0 aliphatic heterocycles. The molecule has 1 N–H and O–H groups in total. The number of hydrogen-bond acceptors (Lipinski definition) is 6. The lowest BCUT2D eigenvalue weighted by Crippen LogP contribution is -2.07. The number of hydrogen-bond donors (Lipinski definition) is 1. The molecule has 0 radical (unpaired) electrons. The summed E-state index contributed by atoms with van der Waals surface area (Å²) in [5, 5.41) is 11.1. The van der Waals surface area contributed by atoms with E-state index in [1.165, 1.54) is 29.2 Å². The number of carbonyl (C=O) groups is 1. The third-order valence-corrected chi connectivity index (χ3v) is 4.48. The first-order valence-electron chi connectivity index (χ1n) is 6.42. The Labute approximate surface area is 137 Å². The van der Waals surface area contributed by atoms with Crippen molar-refractivity contribution in [3.63, 3.8) is 0 Å². The van der Waals surface area contributed by atoms with Crippen LogP contribution in [0.3, 0.4) is 0 Å². The van der Waals surface area contributed by atoms with Crippen molar-refractivity contribution in [1.29, 1.82) is 0 Å². The Bertz CT molecular complexity index is 683. The maximum absolute atomic E-state index is 11.9. The third-order valence-electron chi connectivity index (χ3n) is 2.51. The van der Waals surface area contributed by atoms with Crippen LogP contribution in [0.1, 0.15) is 5.56 Å². The number of methoxy groups -OCH3 is 1. The summed E-state index contributed by atoms with van der Waals surface area (Å²) in [5.41, 5.74) is 0.833. The van der Waals surface area contributed by atoms with Crippen LogP contribution in [0.25, 0.3) is 6.08 Å². The summed E-state index contributed by atoms with van der Waals surface area (Å²) >= 11 is 2.86. The van der Waals surface area contributed by atoms with Crippen LogP contribution >= 0.6 is 23.1 Å². The lowest BCUT2D eigenvalue weighted by atomic mass is 10.2. The van der Waals surface area contributed by atoms with Gasteiger partial charge < -0.3 is 4.74 Å². The second-order valence-electron chi connectivity index (χ2n) is 4.04. The largest absolute Gasteiger partial charge is 0.496 e. The van der Waals surface area contributed by atoms with Gasteiger partial charge >= 0.3 is 0 Å². The van der Waals surface area contributed by atoms with Crippen molar-refractivity contribution >= 4 is 40.2 Å². The number of nitrogens with one attached hydrogen (secondary N) is 1.